The lowest BCUT2D eigenvalue weighted by atomic mass is 10.0. The van der Waals surface area contributed by atoms with E-state index in [1.165, 1.54) is 17.7 Å². The van der Waals surface area contributed by atoms with Crippen LogP contribution in [0, 0.1) is 0 Å². The molecule has 1 aliphatic rings. The van der Waals surface area contributed by atoms with Gasteiger partial charge in [0.1, 0.15) is 0 Å². The van der Waals surface area contributed by atoms with Gasteiger partial charge in [0.2, 0.25) is 0 Å². The fourth-order valence-corrected chi connectivity index (χ4v) is 2.36. The summed E-state index contributed by atoms with van der Waals surface area (Å²) in [6.07, 6.45) is 2.60. The van der Waals surface area contributed by atoms with Crippen LogP contribution in [0.25, 0.3) is 0 Å². The van der Waals surface area contributed by atoms with Gasteiger partial charge in [0, 0.05) is 18.8 Å². The second-order valence-corrected chi connectivity index (χ2v) is 5.71. The van der Waals surface area contributed by atoms with E-state index in [2.05, 4.69) is 45.0 Å². The van der Waals surface area contributed by atoms with Gasteiger partial charge in [-0.2, -0.15) is 0 Å². The van der Waals surface area contributed by atoms with E-state index >= 15 is 0 Å². The average Bonchev–Trinajstić information content (AvgIpc) is 2.80. The van der Waals surface area contributed by atoms with E-state index in [0.717, 1.165) is 25.3 Å². The minimum absolute atomic E-state index is 0.284. The summed E-state index contributed by atoms with van der Waals surface area (Å²) in [5.41, 5.74) is 3.64. The Kier molecular flexibility index (Phi) is 4.36. The van der Waals surface area contributed by atoms with Crippen LogP contribution in [0.2, 0.25) is 0 Å². The van der Waals surface area contributed by atoms with Crippen molar-refractivity contribution in [2.75, 3.05) is 20.7 Å². The molecule has 18 heavy (non-hydrogen) atoms. The molecule has 2 rings (SSSR count). The minimum atomic E-state index is 0.284. The van der Waals surface area contributed by atoms with Gasteiger partial charge in [0.05, 0.1) is 11.8 Å². The van der Waals surface area contributed by atoms with Crippen molar-refractivity contribution < 1.29 is 4.74 Å². The van der Waals surface area contributed by atoms with Crippen molar-refractivity contribution >= 4 is 0 Å². The molecule has 0 N–H and O–H groups in total. The van der Waals surface area contributed by atoms with Gasteiger partial charge in [0.25, 0.3) is 0 Å². The molecule has 1 aromatic heterocycles. The maximum Gasteiger partial charge on any atom is 0.0827 e. The molecule has 0 aromatic carbocycles. The normalized spacial score (nSPS) is 20.0. The van der Waals surface area contributed by atoms with Gasteiger partial charge in [-0.05, 0) is 50.6 Å². The summed E-state index contributed by atoms with van der Waals surface area (Å²) in [6.45, 7) is 6.18. The Labute approximate surface area is 110 Å². The largest absolute Gasteiger partial charge is 0.374 e. The molecule has 2 heterocycles. The van der Waals surface area contributed by atoms with Crippen molar-refractivity contribution in [3.05, 3.63) is 29.1 Å². The number of ether oxygens (including phenoxy) is 1. The third-order valence-electron chi connectivity index (χ3n) is 3.29. The van der Waals surface area contributed by atoms with Gasteiger partial charge in [-0.1, -0.05) is 13.8 Å². The second-order valence-electron chi connectivity index (χ2n) is 5.71. The lowest BCUT2D eigenvalue weighted by molar-refractivity contribution is 0.111. The highest BCUT2D eigenvalue weighted by Crippen LogP contribution is 2.30. The highest BCUT2D eigenvalue weighted by atomic mass is 16.5. The van der Waals surface area contributed by atoms with E-state index in [0.29, 0.717) is 5.92 Å². The van der Waals surface area contributed by atoms with Crippen LogP contribution in [0.3, 0.4) is 0 Å². The number of nitrogens with zero attached hydrogens (tertiary/aromatic N) is 2. The first-order valence-corrected chi connectivity index (χ1v) is 6.83. The fourth-order valence-electron chi connectivity index (χ4n) is 2.36. The molecule has 1 fully saturated rings. The van der Waals surface area contributed by atoms with Gasteiger partial charge < -0.3 is 9.64 Å². The lowest BCUT2D eigenvalue weighted by Crippen LogP contribution is -2.14. The van der Waals surface area contributed by atoms with Crippen LogP contribution in [0.5, 0.6) is 0 Å². The van der Waals surface area contributed by atoms with E-state index < -0.39 is 0 Å². The summed E-state index contributed by atoms with van der Waals surface area (Å²) in [5.74, 6) is 0.465. The number of hydrogen-bond acceptors (Lipinski definition) is 3. The van der Waals surface area contributed by atoms with Crippen molar-refractivity contribution in [1.82, 2.24) is 9.88 Å². The molecular formula is C15H24N2O. The molecule has 1 atom stereocenters. The first-order valence-electron chi connectivity index (χ1n) is 6.83. The molecule has 0 unspecified atom stereocenters. The Morgan fingerprint density at radius 2 is 2.17 bits per heavy atom. The number of rotatable bonds is 4. The Morgan fingerprint density at radius 1 is 1.39 bits per heavy atom. The summed E-state index contributed by atoms with van der Waals surface area (Å²) in [6, 6.07) is 4.43. The molecule has 3 nitrogen and oxygen atoms in total. The van der Waals surface area contributed by atoms with Crippen LogP contribution in [-0.2, 0) is 11.3 Å². The van der Waals surface area contributed by atoms with E-state index in [9.17, 15) is 0 Å². The quantitative estimate of drug-likeness (QED) is 0.818. The van der Waals surface area contributed by atoms with Crippen molar-refractivity contribution in [1.29, 1.82) is 0 Å². The van der Waals surface area contributed by atoms with Gasteiger partial charge in [-0.25, -0.2) is 0 Å². The van der Waals surface area contributed by atoms with Gasteiger partial charge in [-0.15, -0.1) is 0 Å². The van der Waals surface area contributed by atoms with Crippen LogP contribution < -0.4 is 0 Å². The Balaban J connectivity index is 2.29. The molecule has 0 radical (unpaired) electrons. The summed E-state index contributed by atoms with van der Waals surface area (Å²) < 4.78 is 5.79. The fraction of sp³-hybridized carbons (Fsp3) is 0.667. The molecule has 1 aromatic rings. The van der Waals surface area contributed by atoms with Gasteiger partial charge in [-0.3, -0.25) is 4.98 Å². The SMILES string of the molecule is CC(C)c1cc([C@H]2CCCO2)cc(CN(C)C)n1. The van der Waals surface area contributed by atoms with Gasteiger partial charge in [0.15, 0.2) is 0 Å². The second kappa shape index (κ2) is 5.81. The zero-order valence-electron chi connectivity index (χ0n) is 11.9. The maximum atomic E-state index is 5.79. The van der Waals surface area contributed by atoms with Crippen LogP contribution in [-0.4, -0.2) is 30.6 Å². The van der Waals surface area contributed by atoms with Crippen molar-refractivity contribution in [2.45, 2.75) is 45.3 Å². The Bertz CT molecular complexity index is 395. The Hall–Kier alpha value is -0.930. The highest BCUT2D eigenvalue weighted by molar-refractivity contribution is 5.26. The standard InChI is InChI=1S/C15H24N2O/c1-11(2)14-9-12(15-6-5-7-18-15)8-13(16-14)10-17(3)4/h8-9,11,15H,5-7,10H2,1-4H3/t15-/m1/s1. The molecule has 0 aliphatic carbocycles. The maximum absolute atomic E-state index is 5.79. The van der Waals surface area contributed by atoms with Crippen molar-refractivity contribution in [3.8, 4) is 0 Å². The van der Waals surface area contributed by atoms with E-state index in [4.69, 9.17) is 9.72 Å². The van der Waals surface area contributed by atoms with Crippen molar-refractivity contribution in [2.24, 2.45) is 0 Å². The van der Waals surface area contributed by atoms with Crippen molar-refractivity contribution in [3.63, 3.8) is 0 Å². The minimum Gasteiger partial charge on any atom is -0.374 e. The predicted octanol–water partition coefficient (Wildman–Crippen LogP) is 3.12. The smallest absolute Gasteiger partial charge is 0.0827 e. The van der Waals surface area contributed by atoms with Crippen LogP contribution in [0.15, 0.2) is 12.1 Å². The number of hydrogen-bond donors (Lipinski definition) is 0. The molecule has 0 saturated carbocycles. The number of aromatic nitrogens is 1. The molecule has 1 aliphatic heterocycles. The molecule has 1 saturated heterocycles. The summed E-state index contributed by atoms with van der Waals surface area (Å²) in [5, 5.41) is 0. The average molecular weight is 248 g/mol. The Morgan fingerprint density at radius 3 is 2.72 bits per heavy atom. The van der Waals surface area contributed by atoms with Crippen LogP contribution >= 0.6 is 0 Å². The van der Waals surface area contributed by atoms with Crippen LogP contribution in [0.4, 0.5) is 0 Å². The third-order valence-corrected chi connectivity index (χ3v) is 3.29. The summed E-state index contributed by atoms with van der Waals surface area (Å²) >= 11 is 0. The number of pyridine rings is 1. The molecule has 0 bridgehead atoms. The lowest BCUT2D eigenvalue weighted by Gasteiger charge is -2.17. The first-order chi connectivity index (χ1) is 8.56. The molecule has 0 amide bonds. The molecular weight excluding hydrogens is 224 g/mol. The summed E-state index contributed by atoms with van der Waals surface area (Å²) in [7, 11) is 4.16. The van der Waals surface area contributed by atoms with E-state index in [-0.39, 0.29) is 6.10 Å². The highest BCUT2D eigenvalue weighted by Gasteiger charge is 2.19. The van der Waals surface area contributed by atoms with Gasteiger partial charge >= 0.3 is 0 Å². The topological polar surface area (TPSA) is 25.4 Å². The molecule has 3 heteroatoms. The predicted molar refractivity (Wildman–Crippen MR) is 73.6 cm³/mol. The zero-order valence-corrected chi connectivity index (χ0v) is 11.9. The van der Waals surface area contributed by atoms with Crippen LogP contribution in [0.1, 0.15) is 55.7 Å². The zero-order chi connectivity index (χ0) is 13.1. The summed E-state index contributed by atoms with van der Waals surface area (Å²) in [4.78, 5) is 6.91. The monoisotopic (exact) mass is 248 g/mol. The van der Waals surface area contributed by atoms with E-state index in [1.54, 1.807) is 0 Å². The first kappa shape index (κ1) is 13.5. The third kappa shape index (κ3) is 3.30. The molecule has 0 spiro atoms. The molecule has 100 valence electrons. The van der Waals surface area contributed by atoms with E-state index in [1.807, 2.05) is 0 Å².